The van der Waals surface area contributed by atoms with E-state index in [4.69, 9.17) is 0 Å². The predicted molar refractivity (Wildman–Crippen MR) is 94.1 cm³/mol. The topological polar surface area (TPSA) is 51.0 Å². The highest BCUT2D eigenvalue weighted by molar-refractivity contribution is 8.00. The van der Waals surface area contributed by atoms with Crippen molar-refractivity contribution in [3.8, 4) is 5.69 Å². The summed E-state index contributed by atoms with van der Waals surface area (Å²) in [7, 11) is 0. The van der Waals surface area contributed by atoms with Gasteiger partial charge in [0, 0.05) is 13.1 Å². The van der Waals surface area contributed by atoms with E-state index in [1.807, 2.05) is 30.2 Å². The van der Waals surface area contributed by atoms with Gasteiger partial charge < -0.3 is 4.90 Å². The Morgan fingerprint density at radius 1 is 1.30 bits per heavy atom. The number of carbonyl (C=O) groups excluding carboxylic acids is 1. The van der Waals surface area contributed by atoms with Crippen molar-refractivity contribution in [3.63, 3.8) is 0 Å². The number of amides is 1. The van der Waals surface area contributed by atoms with Crippen molar-refractivity contribution in [1.29, 1.82) is 0 Å². The van der Waals surface area contributed by atoms with Crippen molar-refractivity contribution in [2.24, 2.45) is 0 Å². The predicted octanol–water partition coefficient (Wildman–Crippen LogP) is 3.23. The van der Waals surface area contributed by atoms with Gasteiger partial charge in [-0.1, -0.05) is 29.5 Å². The number of aromatic nitrogens is 3. The molecule has 2 aromatic rings. The third-order valence-corrected chi connectivity index (χ3v) is 4.88. The van der Waals surface area contributed by atoms with Crippen molar-refractivity contribution in [3.05, 3.63) is 35.7 Å². The van der Waals surface area contributed by atoms with Crippen LogP contribution in [0.25, 0.3) is 5.69 Å². The lowest BCUT2D eigenvalue weighted by Gasteiger charge is -2.22. The van der Waals surface area contributed by atoms with Gasteiger partial charge in [-0.05, 0) is 46.2 Å². The molecule has 124 valence electrons. The van der Waals surface area contributed by atoms with E-state index in [0.29, 0.717) is 0 Å². The first kappa shape index (κ1) is 17.5. The molecule has 1 amide bonds. The molecule has 0 spiro atoms. The molecule has 5 nitrogen and oxygen atoms in total. The van der Waals surface area contributed by atoms with Crippen LogP contribution < -0.4 is 0 Å². The molecule has 6 heteroatoms. The molecule has 1 heterocycles. The molecule has 1 aromatic heterocycles. The normalized spacial score (nSPS) is 12.2. The molecular weight excluding hydrogens is 308 g/mol. The number of aryl methyl sites for hydroxylation is 2. The van der Waals surface area contributed by atoms with Crippen LogP contribution in [0.3, 0.4) is 0 Å². The van der Waals surface area contributed by atoms with Crippen molar-refractivity contribution < 1.29 is 4.79 Å². The number of benzene rings is 1. The van der Waals surface area contributed by atoms with Crippen molar-refractivity contribution in [1.82, 2.24) is 19.7 Å². The summed E-state index contributed by atoms with van der Waals surface area (Å²) in [6.07, 6.45) is 1.70. The van der Waals surface area contributed by atoms with E-state index in [0.717, 1.165) is 29.5 Å². The molecule has 1 aromatic carbocycles. The number of hydrogen-bond donors (Lipinski definition) is 0. The minimum atomic E-state index is -0.191. The number of hydrogen-bond acceptors (Lipinski definition) is 4. The fourth-order valence-corrected chi connectivity index (χ4v) is 3.47. The molecule has 0 aliphatic heterocycles. The molecule has 0 radical (unpaired) electrons. The van der Waals surface area contributed by atoms with Gasteiger partial charge in [0.1, 0.15) is 6.33 Å². The third kappa shape index (κ3) is 3.93. The summed E-state index contributed by atoms with van der Waals surface area (Å²) < 4.78 is 1.95. The molecular formula is C17H24N4OS. The van der Waals surface area contributed by atoms with E-state index in [-0.39, 0.29) is 11.2 Å². The number of rotatable bonds is 6. The van der Waals surface area contributed by atoms with Gasteiger partial charge in [0.15, 0.2) is 5.16 Å². The molecule has 23 heavy (non-hydrogen) atoms. The van der Waals surface area contributed by atoms with Gasteiger partial charge in [-0.15, -0.1) is 10.2 Å². The van der Waals surface area contributed by atoms with E-state index >= 15 is 0 Å². The Kier molecular flexibility index (Phi) is 5.82. The molecule has 0 saturated carbocycles. The molecule has 1 atom stereocenters. The minimum Gasteiger partial charge on any atom is -0.342 e. The number of carbonyl (C=O) groups is 1. The van der Waals surface area contributed by atoms with Crippen LogP contribution in [0.2, 0.25) is 0 Å². The van der Waals surface area contributed by atoms with E-state index < -0.39 is 0 Å². The zero-order chi connectivity index (χ0) is 17.0. The largest absolute Gasteiger partial charge is 0.342 e. The Balaban J connectivity index is 2.23. The molecule has 0 bridgehead atoms. The van der Waals surface area contributed by atoms with Crippen molar-refractivity contribution in [2.75, 3.05) is 13.1 Å². The van der Waals surface area contributed by atoms with E-state index in [2.05, 4.69) is 42.2 Å². The smallest absolute Gasteiger partial charge is 0.235 e. The first-order valence-corrected chi connectivity index (χ1v) is 8.79. The number of nitrogens with zero attached hydrogens (tertiary/aromatic N) is 4. The maximum atomic E-state index is 12.4. The Labute approximate surface area is 142 Å². The third-order valence-electron chi connectivity index (χ3n) is 3.83. The van der Waals surface area contributed by atoms with E-state index in [9.17, 15) is 4.79 Å². The Hall–Kier alpha value is -1.82. The summed E-state index contributed by atoms with van der Waals surface area (Å²) in [6, 6.07) is 6.27. The quantitative estimate of drug-likeness (QED) is 0.762. The van der Waals surface area contributed by atoms with Gasteiger partial charge in [-0.25, -0.2) is 0 Å². The van der Waals surface area contributed by atoms with Crippen molar-refractivity contribution in [2.45, 2.75) is 45.0 Å². The first-order valence-electron chi connectivity index (χ1n) is 7.91. The standard InChI is InChI=1S/C17H24N4OS/c1-6-20(7-2)16(22)14(5)23-17-19-18-11-21(17)15-9-8-12(3)10-13(15)4/h8-11,14H,6-7H2,1-5H3. The average Bonchev–Trinajstić information content (AvgIpc) is 2.96. The SMILES string of the molecule is CCN(CC)C(=O)C(C)Sc1nncn1-c1ccc(C)cc1C. The van der Waals surface area contributed by atoms with Gasteiger partial charge in [0.2, 0.25) is 5.91 Å². The van der Waals surface area contributed by atoms with Gasteiger partial charge >= 0.3 is 0 Å². The van der Waals surface area contributed by atoms with Gasteiger partial charge in [-0.2, -0.15) is 0 Å². The lowest BCUT2D eigenvalue weighted by atomic mass is 10.1. The fraction of sp³-hybridized carbons (Fsp3) is 0.471. The lowest BCUT2D eigenvalue weighted by Crippen LogP contribution is -2.36. The Morgan fingerprint density at radius 3 is 2.61 bits per heavy atom. The van der Waals surface area contributed by atoms with Crippen LogP contribution in [-0.4, -0.2) is 43.9 Å². The molecule has 0 aliphatic rings. The van der Waals surface area contributed by atoms with E-state index in [1.54, 1.807) is 6.33 Å². The second-order valence-corrected chi connectivity index (χ2v) is 6.85. The van der Waals surface area contributed by atoms with Crippen LogP contribution in [0.4, 0.5) is 0 Å². The highest BCUT2D eigenvalue weighted by atomic mass is 32.2. The summed E-state index contributed by atoms with van der Waals surface area (Å²) >= 11 is 1.45. The zero-order valence-electron chi connectivity index (χ0n) is 14.4. The summed E-state index contributed by atoms with van der Waals surface area (Å²) in [4.78, 5) is 14.3. The van der Waals surface area contributed by atoms with Crippen molar-refractivity contribution >= 4 is 17.7 Å². The monoisotopic (exact) mass is 332 g/mol. The molecule has 0 saturated heterocycles. The highest BCUT2D eigenvalue weighted by Gasteiger charge is 2.22. The second-order valence-electron chi connectivity index (χ2n) is 5.54. The van der Waals surface area contributed by atoms with Crippen LogP contribution in [0.15, 0.2) is 29.7 Å². The number of thioether (sulfide) groups is 1. The van der Waals surface area contributed by atoms with Crippen LogP contribution in [0.5, 0.6) is 0 Å². The molecule has 0 fully saturated rings. The zero-order valence-corrected chi connectivity index (χ0v) is 15.2. The van der Waals surface area contributed by atoms with E-state index in [1.165, 1.54) is 17.3 Å². The maximum Gasteiger partial charge on any atom is 0.235 e. The lowest BCUT2D eigenvalue weighted by molar-refractivity contribution is -0.129. The summed E-state index contributed by atoms with van der Waals surface area (Å²) in [5.74, 6) is 0.134. The summed E-state index contributed by atoms with van der Waals surface area (Å²) in [5, 5.41) is 8.77. The van der Waals surface area contributed by atoms with Crippen LogP contribution >= 0.6 is 11.8 Å². The minimum absolute atomic E-state index is 0.134. The molecule has 0 N–H and O–H groups in total. The second kappa shape index (κ2) is 7.64. The van der Waals surface area contributed by atoms with Gasteiger partial charge in [-0.3, -0.25) is 9.36 Å². The Morgan fingerprint density at radius 2 is 2.00 bits per heavy atom. The van der Waals surface area contributed by atoms with Gasteiger partial charge in [0.25, 0.3) is 0 Å². The van der Waals surface area contributed by atoms with Gasteiger partial charge in [0.05, 0.1) is 10.9 Å². The fourth-order valence-electron chi connectivity index (χ4n) is 2.55. The highest BCUT2D eigenvalue weighted by Crippen LogP contribution is 2.26. The van der Waals surface area contributed by atoms with Crippen LogP contribution in [0.1, 0.15) is 31.9 Å². The summed E-state index contributed by atoms with van der Waals surface area (Å²) in [5.41, 5.74) is 3.43. The first-order chi connectivity index (χ1) is 11.0. The van der Waals surface area contributed by atoms with Crippen LogP contribution in [-0.2, 0) is 4.79 Å². The van der Waals surface area contributed by atoms with Crippen LogP contribution in [0, 0.1) is 13.8 Å². The maximum absolute atomic E-state index is 12.4. The average molecular weight is 332 g/mol. The molecule has 0 aliphatic carbocycles. The summed E-state index contributed by atoms with van der Waals surface area (Å²) in [6.45, 7) is 11.5. The Bertz CT molecular complexity index is 679. The molecule has 1 unspecified atom stereocenters. The molecule has 2 rings (SSSR count).